The highest BCUT2D eigenvalue weighted by atomic mass is 16.3. The van der Waals surface area contributed by atoms with E-state index in [1.807, 2.05) is 18.4 Å². The maximum Gasteiger partial charge on any atom is 0.134 e. The SMILES string of the molecule is CCC1CCC(C(NN)c2coc3ccccc23)CC1. The van der Waals surface area contributed by atoms with Crippen LogP contribution in [0.4, 0.5) is 0 Å². The van der Waals surface area contributed by atoms with Crippen LogP contribution in [0.15, 0.2) is 34.9 Å². The molecule has 3 heteroatoms. The molecule has 1 unspecified atom stereocenters. The van der Waals surface area contributed by atoms with Crippen LogP contribution in [0.5, 0.6) is 0 Å². The Labute approximate surface area is 120 Å². The van der Waals surface area contributed by atoms with Crippen LogP contribution in [0.3, 0.4) is 0 Å². The van der Waals surface area contributed by atoms with Crippen LogP contribution in [0.1, 0.15) is 50.6 Å². The van der Waals surface area contributed by atoms with E-state index < -0.39 is 0 Å². The number of hydrogen-bond donors (Lipinski definition) is 2. The smallest absolute Gasteiger partial charge is 0.134 e. The number of benzene rings is 1. The van der Waals surface area contributed by atoms with Gasteiger partial charge < -0.3 is 4.42 Å². The first kappa shape index (κ1) is 13.7. The summed E-state index contributed by atoms with van der Waals surface area (Å²) in [5, 5.41) is 1.19. The number of hydrogen-bond acceptors (Lipinski definition) is 3. The molecule has 1 heterocycles. The summed E-state index contributed by atoms with van der Waals surface area (Å²) in [6.45, 7) is 2.30. The number of para-hydroxylation sites is 1. The maximum atomic E-state index is 5.86. The Balaban J connectivity index is 1.83. The molecule has 20 heavy (non-hydrogen) atoms. The predicted octanol–water partition coefficient (Wildman–Crippen LogP) is 4.15. The highest BCUT2D eigenvalue weighted by Gasteiger charge is 2.29. The van der Waals surface area contributed by atoms with Crippen LogP contribution in [0.25, 0.3) is 11.0 Å². The van der Waals surface area contributed by atoms with E-state index >= 15 is 0 Å². The highest BCUT2D eigenvalue weighted by molar-refractivity contribution is 5.81. The Morgan fingerprint density at radius 2 is 2.00 bits per heavy atom. The molecule has 1 fully saturated rings. The lowest BCUT2D eigenvalue weighted by Crippen LogP contribution is -2.35. The first-order chi connectivity index (χ1) is 9.83. The number of fused-ring (bicyclic) bond motifs is 1. The topological polar surface area (TPSA) is 51.2 Å². The zero-order valence-corrected chi connectivity index (χ0v) is 12.1. The fourth-order valence-corrected chi connectivity index (χ4v) is 3.65. The van der Waals surface area contributed by atoms with E-state index in [0.717, 1.165) is 11.5 Å². The van der Waals surface area contributed by atoms with Gasteiger partial charge in [0.1, 0.15) is 5.58 Å². The largest absolute Gasteiger partial charge is 0.464 e. The van der Waals surface area contributed by atoms with Crippen LogP contribution in [0.2, 0.25) is 0 Å². The van der Waals surface area contributed by atoms with Gasteiger partial charge in [-0.25, -0.2) is 0 Å². The van der Waals surface area contributed by atoms with E-state index in [9.17, 15) is 0 Å². The van der Waals surface area contributed by atoms with Crippen molar-refractivity contribution < 1.29 is 4.42 Å². The summed E-state index contributed by atoms with van der Waals surface area (Å²) in [6, 6.07) is 8.41. The summed E-state index contributed by atoms with van der Waals surface area (Å²) in [7, 11) is 0. The van der Waals surface area contributed by atoms with Gasteiger partial charge in [-0.3, -0.25) is 11.3 Å². The molecule has 3 nitrogen and oxygen atoms in total. The number of furan rings is 1. The summed E-state index contributed by atoms with van der Waals surface area (Å²) in [6.07, 6.45) is 8.35. The van der Waals surface area contributed by atoms with Crippen molar-refractivity contribution in [1.82, 2.24) is 5.43 Å². The minimum Gasteiger partial charge on any atom is -0.464 e. The number of rotatable bonds is 4. The average Bonchev–Trinajstić information content (AvgIpc) is 2.93. The first-order valence-corrected chi connectivity index (χ1v) is 7.75. The molecule has 0 bridgehead atoms. The summed E-state index contributed by atoms with van der Waals surface area (Å²) in [5.74, 6) is 7.38. The average molecular weight is 272 g/mol. The highest BCUT2D eigenvalue weighted by Crippen LogP contribution is 2.39. The maximum absolute atomic E-state index is 5.86. The number of hydrazine groups is 1. The van der Waals surface area contributed by atoms with E-state index in [1.165, 1.54) is 43.1 Å². The lowest BCUT2D eigenvalue weighted by Gasteiger charge is -2.33. The van der Waals surface area contributed by atoms with Crippen molar-refractivity contribution in [2.75, 3.05) is 0 Å². The van der Waals surface area contributed by atoms with Gasteiger partial charge in [-0.05, 0) is 30.7 Å². The normalized spacial score (nSPS) is 24.9. The molecule has 0 amide bonds. The van der Waals surface area contributed by atoms with Crippen molar-refractivity contribution in [2.24, 2.45) is 17.7 Å². The minimum atomic E-state index is 0.205. The third kappa shape index (κ3) is 2.48. The molecule has 0 spiro atoms. The van der Waals surface area contributed by atoms with Crippen molar-refractivity contribution in [3.8, 4) is 0 Å². The Kier molecular flexibility index (Phi) is 4.08. The van der Waals surface area contributed by atoms with Gasteiger partial charge in [-0.2, -0.15) is 0 Å². The molecular formula is C17H24N2O. The van der Waals surface area contributed by atoms with Crippen molar-refractivity contribution in [2.45, 2.75) is 45.1 Å². The summed E-state index contributed by atoms with van der Waals surface area (Å²) in [5.41, 5.74) is 5.20. The molecule has 3 N–H and O–H groups in total. The third-order valence-electron chi connectivity index (χ3n) is 4.97. The van der Waals surface area contributed by atoms with Crippen LogP contribution >= 0.6 is 0 Å². The van der Waals surface area contributed by atoms with Crippen LogP contribution in [0, 0.1) is 11.8 Å². The van der Waals surface area contributed by atoms with Gasteiger partial charge in [-0.1, -0.05) is 44.4 Å². The Bertz CT molecular complexity index is 555. The number of nitrogens with two attached hydrogens (primary N) is 1. The van der Waals surface area contributed by atoms with E-state index in [0.29, 0.717) is 5.92 Å². The molecule has 1 atom stereocenters. The van der Waals surface area contributed by atoms with Crippen LogP contribution in [-0.2, 0) is 0 Å². The second-order valence-corrected chi connectivity index (χ2v) is 6.02. The van der Waals surface area contributed by atoms with Gasteiger partial charge >= 0.3 is 0 Å². The standard InChI is InChI=1S/C17H24N2O/c1-2-12-7-9-13(10-8-12)17(19-18)15-11-20-16-6-4-3-5-14(15)16/h3-6,11-13,17,19H,2,7-10,18H2,1H3. The lowest BCUT2D eigenvalue weighted by molar-refractivity contribution is 0.219. The molecule has 0 saturated heterocycles. The fraction of sp³-hybridized carbons (Fsp3) is 0.529. The van der Waals surface area contributed by atoms with E-state index in [4.69, 9.17) is 10.3 Å². The molecule has 1 aliphatic carbocycles. The molecular weight excluding hydrogens is 248 g/mol. The van der Waals surface area contributed by atoms with Gasteiger partial charge in [0.05, 0.1) is 12.3 Å². The second-order valence-electron chi connectivity index (χ2n) is 6.02. The molecule has 1 aromatic heterocycles. The molecule has 3 rings (SSSR count). The van der Waals surface area contributed by atoms with E-state index in [-0.39, 0.29) is 6.04 Å². The minimum absolute atomic E-state index is 0.205. The van der Waals surface area contributed by atoms with Crippen molar-refractivity contribution in [3.05, 3.63) is 36.1 Å². The van der Waals surface area contributed by atoms with E-state index in [1.54, 1.807) is 0 Å². The molecule has 1 aromatic carbocycles. The van der Waals surface area contributed by atoms with Crippen molar-refractivity contribution in [3.63, 3.8) is 0 Å². The Hall–Kier alpha value is -1.32. The predicted molar refractivity (Wildman–Crippen MR) is 82.0 cm³/mol. The van der Waals surface area contributed by atoms with Crippen molar-refractivity contribution in [1.29, 1.82) is 0 Å². The molecule has 1 saturated carbocycles. The Morgan fingerprint density at radius 3 is 2.70 bits per heavy atom. The van der Waals surface area contributed by atoms with Gasteiger partial charge in [0.2, 0.25) is 0 Å². The van der Waals surface area contributed by atoms with Gasteiger partial charge in [0.15, 0.2) is 0 Å². The third-order valence-corrected chi connectivity index (χ3v) is 4.97. The van der Waals surface area contributed by atoms with Gasteiger partial charge in [0.25, 0.3) is 0 Å². The molecule has 108 valence electrons. The molecule has 2 aromatic rings. The molecule has 1 aliphatic rings. The summed E-state index contributed by atoms with van der Waals surface area (Å²) < 4.78 is 5.67. The summed E-state index contributed by atoms with van der Waals surface area (Å²) >= 11 is 0. The van der Waals surface area contributed by atoms with Gasteiger partial charge in [0, 0.05) is 10.9 Å². The van der Waals surface area contributed by atoms with Crippen LogP contribution in [-0.4, -0.2) is 0 Å². The monoisotopic (exact) mass is 272 g/mol. The Morgan fingerprint density at radius 1 is 1.25 bits per heavy atom. The first-order valence-electron chi connectivity index (χ1n) is 7.75. The second kappa shape index (κ2) is 5.98. The quantitative estimate of drug-likeness (QED) is 0.649. The summed E-state index contributed by atoms with van der Waals surface area (Å²) in [4.78, 5) is 0. The van der Waals surface area contributed by atoms with Crippen LogP contribution < -0.4 is 11.3 Å². The fourth-order valence-electron chi connectivity index (χ4n) is 3.65. The lowest BCUT2D eigenvalue weighted by atomic mass is 9.76. The number of nitrogens with one attached hydrogen (secondary N) is 1. The zero-order valence-electron chi connectivity index (χ0n) is 12.1. The van der Waals surface area contributed by atoms with Crippen molar-refractivity contribution >= 4 is 11.0 Å². The zero-order chi connectivity index (χ0) is 13.9. The van der Waals surface area contributed by atoms with Gasteiger partial charge in [-0.15, -0.1) is 0 Å². The van der Waals surface area contributed by atoms with E-state index in [2.05, 4.69) is 24.5 Å². The molecule has 0 radical (unpaired) electrons. The molecule has 0 aliphatic heterocycles.